The molecule has 0 aliphatic rings. The molecule has 122 valence electrons. The Morgan fingerprint density at radius 2 is 1.30 bits per heavy atom. The average molecular weight is 288 g/mol. The molecular formula is C17H36O3. The Hall–Kier alpha value is -0.120. The normalized spacial score (nSPS) is 12.8. The van der Waals surface area contributed by atoms with Crippen LogP contribution in [0.15, 0.2) is 0 Å². The van der Waals surface area contributed by atoms with Crippen molar-refractivity contribution in [1.29, 1.82) is 0 Å². The number of hydrogen-bond donors (Lipinski definition) is 2. The van der Waals surface area contributed by atoms with E-state index in [-0.39, 0.29) is 19.3 Å². The standard InChI is InChI=1S/C17H36O3/c1-2-3-4-5-6-7-8-9-10-11-13-17(16-19)20-15-12-14-18/h17-19H,2-16H2,1H3. The zero-order valence-electron chi connectivity index (χ0n) is 13.5. The van der Waals surface area contributed by atoms with Crippen LogP contribution in [-0.4, -0.2) is 36.1 Å². The van der Waals surface area contributed by atoms with Gasteiger partial charge < -0.3 is 14.9 Å². The zero-order chi connectivity index (χ0) is 14.9. The molecule has 0 fully saturated rings. The first-order chi connectivity index (χ1) is 9.85. The molecule has 0 heterocycles. The quantitative estimate of drug-likeness (QED) is 0.421. The summed E-state index contributed by atoms with van der Waals surface area (Å²) >= 11 is 0. The van der Waals surface area contributed by atoms with Gasteiger partial charge in [0.25, 0.3) is 0 Å². The molecular weight excluding hydrogens is 252 g/mol. The maximum atomic E-state index is 9.18. The molecule has 3 nitrogen and oxygen atoms in total. The summed E-state index contributed by atoms with van der Waals surface area (Å²) in [5, 5.41) is 17.9. The van der Waals surface area contributed by atoms with Gasteiger partial charge in [-0.05, 0) is 12.8 Å². The van der Waals surface area contributed by atoms with Crippen LogP contribution in [0.1, 0.15) is 84.0 Å². The third-order valence-corrected chi connectivity index (χ3v) is 3.74. The average Bonchev–Trinajstić information content (AvgIpc) is 2.47. The lowest BCUT2D eigenvalue weighted by molar-refractivity contribution is 0.00133. The molecule has 0 bridgehead atoms. The van der Waals surface area contributed by atoms with Crippen LogP contribution >= 0.6 is 0 Å². The van der Waals surface area contributed by atoms with Gasteiger partial charge in [-0.15, -0.1) is 0 Å². The van der Waals surface area contributed by atoms with Gasteiger partial charge in [-0.25, -0.2) is 0 Å². The van der Waals surface area contributed by atoms with E-state index in [9.17, 15) is 5.11 Å². The lowest BCUT2D eigenvalue weighted by Crippen LogP contribution is -2.18. The van der Waals surface area contributed by atoms with E-state index >= 15 is 0 Å². The fourth-order valence-corrected chi connectivity index (χ4v) is 2.40. The molecule has 2 N–H and O–H groups in total. The molecule has 0 aliphatic heterocycles. The molecule has 0 rings (SSSR count). The zero-order valence-corrected chi connectivity index (χ0v) is 13.5. The van der Waals surface area contributed by atoms with Crippen molar-refractivity contribution in [2.75, 3.05) is 19.8 Å². The van der Waals surface area contributed by atoms with E-state index in [1.165, 1.54) is 57.8 Å². The van der Waals surface area contributed by atoms with Crippen LogP contribution in [0.5, 0.6) is 0 Å². The summed E-state index contributed by atoms with van der Waals surface area (Å²) in [6.07, 6.45) is 14.9. The SMILES string of the molecule is CCCCCCCCCCCCC(CO)OCCCO. The second-order valence-electron chi connectivity index (χ2n) is 5.72. The summed E-state index contributed by atoms with van der Waals surface area (Å²) in [6, 6.07) is 0. The second-order valence-corrected chi connectivity index (χ2v) is 5.72. The van der Waals surface area contributed by atoms with Crippen molar-refractivity contribution < 1.29 is 14.9 Å². The Bertz CT molecular complexity index is 174. The maximum Gasteiger partial charge on any atom is 0.0805 e. The first-order valence-corrected chi connectivity index (χ1v) is 8.68. The summed E-state index contributed by atoms with van der Waals surface area (Å²) in [6.45, 7) is 3.08. The van der Waals surface area contributed by atoms with Crippen molar-refractivity contribution >= 4 is 0 Å². The molecule has 0 aromatic heterocycles. The fourth-order valence-electron chi connectivity index (χ4n) is 2.40. The van der Waals surface area contributed by atoms with Crippen molar-refractivity contribution in [2.24, 2.45) is 0 Å². The van der Waals surface area contributed by atoms with Crippen LogP contribution in [0, 0.1) is 0 Å². The molecule has 0 saturated heterocycles. The molecule has 20 heavy (non-hydrogen) atoms. The van der Waals surface area contributed by atoms with Gasteiger partial charge in [0.2, 0.25) is 0 Å². The molecule has 0 saturated carbocycles. The summed E-state index contributed by atoms with van der Waals surface area (Å²) in [7, 11) is 0. The summed E-state index contributed by atoms with van der Waals surface area (Å²) in [5.74, 6) is 0. The summed E-state index contributed by atoms with van der Waals surface area (Å²) in [5.41, 5.74) is 0. The van der Waals surface area contributed by atoms with Gasteiger partial charge in [0.15, 0.2) is 0 Å². The van der Waals surface area contributed by atoms with Crippen molar-refractivity contribution in [1.82, 2.24) is 0 Å². The number of unbranched alkanes of at least 4 members (excludes halogenated alkanes) is 9. The lowest BCUT2D eigenvalue weighted by atomic mass is 10.0. The van der Waals surface area contributed by atoms with E-state index in [1.807, 2.05) is 0 Å². The number of aliphatic hydroxyl groups is 2. The van der Waals surface area contributed by atoms with Crippen molar-refractivity contribution in [3.63, 3.8) is 0 Å². The Labute approximate surface area is 125 Å². The summed E-state index contributed by atoms with van der Waals surface area (Å²) in [4.78, 5) is 0. The van der Waals surface area contributed by atoms with Gasteiger partial charge in [-0.2, -0.15) is 0 Å². The molecule has 0 amide bonds. The lowest BCUT2D eigenvalue weighted by Gasteiger charge is -2.14. The predicted octanol–water partition coefficient (Wildman–Crippen LogP) is 4.06. The minimum Gasteiger partial charge on any atom is -0.396 e. The van der Waals surface area contributed by atoms with Gasteiger partial charge in [-0.1, -0.05) is 71.1 Å². The fraction of sp³-hybridized carbons (Fsp3) is 1.00. The van der Waals surface area contributed by atoms with E-state index in [1.54, 1.807) is 0 Å². The minimum absolute atomic E-state index is 0.0319. The molecule has 0 aromatic rings. The molecule has 1 atom stereocenters. The van der Waals surface area contributed by atoms with E-state index in [4.69, 9.17) is 9.84 Å². The van der Waals surface area contributed by atoms with Crippen LogP contribution in [0.3, 0.4) is 0 Å². The highest BCUT2D eigenvalue weighted by molar-refractivity contribution is 4.57. The summed E-state index contributed by atoms with van der Waals surface area (Å²) < 4.78 is 5.50. The Morgan fingerprint density at radius 3 is 1.80 bits per heavy atom. The first kappa shape index (κ1) is 19.9. The Morgan fingerprint density at radius 1 is 0.750 bits per heavy atom. The minimum atomic E-state index is -0.0319. The van der Waals surface area contributed by atoms with Gasteiger partial charge in [0, 0.05) is 13.2 Å². The smallest absolute Gasteiger partial charge is 0.0805 e. The number of hydrogen-bond acceptors (Lipinski definition) is 3. The monoisotopic (exact) mass is 288 g/mol. The van der Waals surface area contributed by atoms with Crippen LogP contribution in [-0.2, 0) is 4.74 Å². The number of aliphatic hydroxyl groups excluding tert-OH is 2. The van der Waals surface area contributed by atoms with Crippen molar-refractivity contribution in [3.8, 4) is 0 Å². The maximum absolute atomic E-state index is 9.18. The molecule has 3 heteroatoms. The molecule has 0 spiro atoms. The molecule has 1 unspecified atom stereocenters. The molecule has 0 aromatic carbocycles. The van der Waals surface area contributed by atoms with Crippen LogP contribution in [0.25, 0.3) is 0 Å². The van der Waals surface area contributed by atoms with Crippen LogP contribution < -0.4 is 0 Å². The molecule has 0 radical (unpaired) electrons. The van der Waals surface area contributed by atoms with Crippen molar-refractivity contribution in [3.05, 3.63) is 0 Å². The highest BCUT2D eigenvalue weighted by Crippen LogP contribution is 2.12. The first-order valence-electron chi connectivity index (χ1n) is 8.68. The van der Waals surface area contributed by atoms with Crippen LogP contribution in [0.4, 0.5) is 0 Å². The highest BCUT2D eigenvalue weighted by Gasteiger charge is 2.06. The Kier molecular flexibility index (Phi) is 16.8. The van der Waals surface area contributed by atoms with E-state index in [2.05, 4.69) is 6.92 Å². The number of rotatable bonds is 16. The highest BCUT2D eigenvalue weighted by atomic mass is 16.5. The largest absolute Gasteiger partial charge is 0.396 e. The van der Waals surface area contributed by atoms with Gasteiger partial charge in [0.1, 0.15) is 0 Å². The van der Waals surface area contributed by atoms with Crippen LogP contribution in [0.2, 0.25) is 0 Å². The topological polar surface area (TPSA) is 49.7 Å². The third-order valence-electron chi connectivity index (χ3n) is 3.74. The van der Waals surface area contributed by atoms with Crippen molar-refractivity contribution in [2.45, 2.75) is 90.1 Å². The Balaban J connectivity index is 3.20. The van der Waals surface area contributed by atoms with E-state index < -0.39 is 0 Å². The van der Waals surface area contributed by atoms with E-state index in [0.29, 0.717) is 13.0 Å². The third kappa shape index (κ3) is 14.3. The second kappa shape index (κ2) is 16.9. The molecule has 0 aliphatic carbocycles. The number of ether oxygens (including phenoxy) is 1. The van der Waals surface area contributed by atoms with Gasteiger partial charge >= 0.3 is 0 Å². The van der Waals surface area contributed by atoms with Gasteiger partial charge in [0.05, 0.1) is 12.7 Å². The van der Waals surface area contributed by atoms with E-state index in [0.717, 1.165) is 12.8 Å². The van der Waals surface area contributed by atoms with Gasteiger partial charge in [-0.3, -0.25) is 0 Å². The predicted molar refractivity (Wildman–Crippen MR) is 85.0 cm³/mol.